The van der Waals surface area contributed by atoms with Gasteiger partial charge in [0.05, 0.1) is 12.2 Å². The second-order valence-corrected chi connectivity index (χ2v) is 5.59. The molecule has 0 N–H and O–H groups in total. The van der Waals surface area contributed by atoms with Crippen molar-refractivity contribution in [2.24, 2.45) is 0 Å². The molecule has 0 unspecified atom stereocenters. The number of ether oxygens (including phenoxy) is 1. The molecule has 0 aromatic rings. The van der Waals surface area contributed by atoms with E-state index in [-0.39, 0.29) is 0 Å². The second kappa shape index (κ2) is 11.3. The molecule has 1 saturated heterocycles. The maximum Gasteiger partial charge on any atom is 0.0876 e. The fourth-order valence-corrected chi connectivity index (χ4v) is 2.43. The highest BCUT2D eigenvalue weighted by Crippen LogP contribution is 2.30. The summed E-state index contributed by atoms with van der Waals surface area (Å²) in [4.78, 5) is 0. The molecule has 1 rings (SSSR count). The first-order valence-electron chi connectivity index (χ1n) is 8.34. The van der Waals surface area contributed by atoms with E-state index < -0.39 is 0 Å². The monoisotopic (exact) mass is 264 g/mol. The van der Waals surface area contributed by atoms with Gasteiger partial charge in [-0.15, -0.1) is 0 Å². The lowest BCUT2D eigenvalue weighted by atomic mass is 10.1. The number of allylic oxidation sites excluding steroid dienone is 3. The predicted molar refractivity (Wildman–Crippen MR) is 84.5 cm³/mol. The number of epoxide rings is 1. The summed E-state index contributed by atoms with van der Waals surface area (Å²) in [6, 6.07) is 0. The van der Waals surface area contributed by atoms with Gasteiger partial charge in [0.1, 0.15) is 0 Å². The summed E-state index contributed by atoms with van der Waals surface area (Å²) in [6.45, 7) is 4.44. The van der Waals surface area contributed by atoms with Crippen LogP contribution in [0.2, 0.25) is 0 Å². The number of unbranched alkanes of at least 4 members (excludes halogenated alkanes) is 5. The Morgan fingerprint density at radius 3 is 2.32 bits per heavy atom. The normalized spacial score (nSPS) is 22.6. The summed E-state index contributed by atoms with van der Waals surface area (Å²) in [7, 11) is 0. The third-order valence-corrected chi connectivity index (χ3v) is 3.74. The van der Waals surface area contributed by atoms with Crippen molar-refractivity contribution in [2.75, 3.05) is 0 Å². The van der Waals surface area contributed by atoms with E-state index in [2.05, 4.69) is 38.2 Å². The topological polar surface area (TPSA) is 12.5 Å². The molecule has 1 fully saturated rings. The van der Waals surface area contributed by atoms with Crippen LogP contribution < -0.4 is 0 Å². The molecule has 1 nitrogen and oxygen atoms in total. The Morgan fingerprint density at radius 2 is 1.53 bits per heavy atom. The third-order valence-electron chi connectivity index (χ3n) is 3.74. The molecule has 0 radical (unpaired) electrons. The fraction of sp³-hybridized carbons (Fsp3) is 0.778. The van der Waals surface area contributed by atoms with Gasteiger partial charge in [-0.25, -0.2) is 0 Å². The van der Waals surface area contributed by atoms with Gasteiger partial charge in [0.25, 0.3) is 0 Å². The van der Waals surface area contributed by atoms with Crippen LogP contribution in [0.15, 0.2) is 24.3 Å². The van der Waals surface area contributed by atoms with E-state index in [1.807, 2.05) is 0 Å². The quantitative estimate of drug-likeness (QED) is 0.246. The highest BCUT2D eigenvalue weighted by atomic mass is 16.6. The Balaban J connectivity index is 1.87. The summed E-state index contributed by atoms with van der Waals surface area (Å²) >= 11 is 0. The van der Waals surface area contributed by atoms with E-state index >= 15 is 0 Å². The smallest absolute Gasteiger partial charge is 0.0876 e. The SMILES string of the molecule is CC/C=C\C/C=C\C[C@H]1O[C@H]1CCCCCCCC. The fourth-order valence-electron chi connectivity index (χ4n) is 2.43. The number of hydrogen-bond donors (Lipinski definition) is 0. The van der Waals surface area contributed by atoms with Crippen LogP contribution >= 0.6 is 0 Å². The van der Waals surface area contributed by atoms with Gasteiger partial charge in [-0.3, -0.25) is 0 Å². The highest BCUT2D eigenvalue weighted by molar-refractivity contribution is 4.97. The van der Waals surface area contributed by atoms with Crippen molar-refractivity contribution in [3.8, 4) is 0 Å². The van der Waals surface area contributed by atoms with Gasteiger partial charge in [0.2, 0.25) is 0 Å². The Hall–Kier alpha value is -0.560. The Bertz CT molecular complexity index is 254. The Morgan fingerprint density at radius 1 is 0.789 bits per heavy atom. The van der Waals surface area contributed by atoms with Crippen LogP contribution in [-0.4, -0.2) is 12.2 Å². The zero-order valence-electron chi connectivity index (χ0n) is 12.9. The average Bonchev–Trinajstić information content (AvgIpc) is 3.16. The molecule has 0 saturated carbocycles. The van der Waals surface area contributed by atoms with Crippen molar-refractivity contribution >= 4 is 0 Å². The van der Waals surface area contributed by atoms with Crippen LogP contribution in [0.3, 0.4) is 0 Å². The molecule has 1 aliphatic heterocycles. The summed E-state index contributed by atoms with van der Waals surface area (Å²) < 4.78 is 5.70. The lowest BCUT2D eigenvalue weighted by Gasteiger charge is -1.98. The summed E-state index contributed by atoms with van der Waals surface area (Å²) in [5.41, 5.74) is 0. The maximum atomic E-state index is 5.70. The van der Waals surface area contributed by atoms with E-state index in [4.69, 9.17) is 4.74 Å². The molecule has 0 amide bonds. The van der Waals surface area contributed by atoms with Crippen molar-refractivity contribution in [1.29, 1.82) is 0 Å². The highest BCUT2D eigenvalue weighted by Gasteiger charge is 2.36. The van der Waals surface area contributed by atoms with E-state index in [0.717, 1.165) is 19.3 Å². The first-order valence-corrected chi connectivity index (χ1v) is 8.34. The van der Waals surface area contributed by atoms with Crippen molar-refractivity contribution in [1.82, 2.24) is 0 Å². The maximum absolute atomic E-state index is 5.70. The van der Waals surface area contributed by atoms with Crippen LogP contribution in [0.4, 0.5) is 0 Å². The molecule has 0 aromatic heterocycles. The molecule has 0 aromatic carbocycles. The lowest BCUT2D eigenvalue weighted by molar-refractivity contribution is 0.358. The number of hydrogen-bond acceptors (Lipinski definition) is 1. The van der Waals surface area contributed by atoms with Crippen LogP contribution in [0.5, 0.6) is 0 Å². The summed E-state index contributed by atoms with van der Waals surface area (Å²) in [6.07, 6.45) is 23.0. The molecular formula is C18H32O. The molecule has 0 spiro atoms. The third kappa shape index (κ3) is 9.04. The van der Waals surface area contributed by atoms with Gasteiger partial charge in [-0.05, 0) is 25.7 Å². The van der Waals surface area contributed by atoms with Crippen molar-refractivity contribution in [2.45, 2.75) is 90.3 Å². The van der Waals surface area contributed by atoms with E-state index in [1.165, 1.54) is 44.9 Å². The van der Waals surface area contributed by atoms with Crippen molar-refractivity contribution < 1.29 is 4.74 Å². The molecule has 1 heteroatoms. The minimum atomic E-state index is 0.530. The van der Waals surface area contributed by atoms with E-state index in [0.29, 0.717) is 12.2 Å². The molecular weight excluding hydrogens is 232 g/mol. The van der Waals surface area contributed by atoms with Gasteiger partial charge >= 0.3 is 0 Å². The van der Waals surface area contributed by atoms with E-state index in [9.17, 15) is 0 Å². The van der Waals surface area contributed by atoms with Gasteiger partial charge < -0.3 is 4.74 Å². The first-order chi connectivity index (χ1) is 9.38. The van der Waals surface area contributed by atoms with E-state index in [1.54, 1.807) is 0 Å². The molecule has 0 aliphatic carbocycles. The average molecular weight is 264 g/mol. The molecule has 2 atom stereocenters. The van der Waals surface area contributed by atoms with Crippen LogP contribution in [-0.2, 0) is 4.74 Å². The first kappa shape index (κ1) is 16.5. The second-order valence-electron chi connectivity index (χ2n) is 5.59. The Kier molecular flexibility index (Phi) is 9.79. The van der Waals surface area contributed by atoms with Crippen LogP contribution in [0.1, 0.15) is 78.1 Å². The zero-order valence-corrected chi connectivity index (χ0v) is 12.9. The molecule has 19 heavy (non-hydrogen) atoms. The summed E-state index contributed by atoms with van der Waals surface area (Å²) in [5.74, 6) is 0. The van der Waals surface area contributed by atoms with Gasteiger partial charge in [0, 0.05) is 0 Å². The molecule has 0 bridgehead atoms. The molecule has 110 valence electrons. The van der Waals surface area contributed by atoms with Gasteiger partial charge in [-0.2, -0.15) is 0 Å². The minimum absolute atomic E-state index is 0.530. The molecule has 1 heterocycles. The van der Waals surface area contributed by atoms with Gasteiger partial charge in [0.15, 0.2) is 0 Å². The molecule has 1 aliphatic rings. The largest absolute Gasteiger partial charge is 0.369 e. The standard InChI is InChI=1S/C18H32O/c1-3-5-7-9-11-13-15-17-18(19-17)16-14-12-10-8-6-4-2/h5,7,11,13,17-18H,3-4,6,8-10,12,14-16H2,1-2H3/b7-5-,13-11-/t17-,18+/m1/s1. The summed E-state index contributed by atoms with van der Waals surface area (Å²) in [5, 5.41) is 0. The van der Waals surface area contributed by atoms with Crippen molar-refractivity contribution in [3.05, 3.63) is 24.3 Å². The predicted octanol–water partition coefficient (Wildman–Crippen LogP) is 5.81. The lowest BCUT2D eigenvalue weighted by Crippen LogP contribution is -1.92. The minimum Gasteiger partial charge on any atom is -0.369 e. The van der Waals surface area contributed by atoms with Gasteiger partial charge in [-0.1, -0.05) is 76.7 Å². The zero-order chi connectivity index (χ0) is 13.8. The van der Waals surface area contributed by atoms with Crippen LogP contribution in [0, 0.1) is 0 Å². The number of rotatable bonds is 12. The Labute approximate surface area is 120 Å². The van der Waals surface area contributed by atoms with Crippen LogP contribution in [0.25, 0.3) is 0 Å². The van der Waals surface area contributed by atoms with Crippen molar-refractivity contribution in [3.63, 3.8) is 0 Å².